The molecule has 2 amide bonds. The molecule has 0 bridgehead atoms. The summed E-state index contributed by atoms with van der Waals surface area (Å²) in [6, 6.07) is -1.79. The number of nitrogen functional groups attached to an aromatic ring is 1. The van der Waals surface area contributed by atoms with Crippen molar-refractivity contribution in [3.05, 3.63) is 11.1 Å². The Morgan fingerprint density at radius 1 is 1.48 bits per heavy atom. The lowest BCUT2D eigenvalue weighted by molar-refractivity contribution is -0.160. The average Bonchev–Trinajstić information content (AvgIpc) is 3.15. The second-order valence-electron chi connectivity index (χ2n) is 7.75. The van der Waals surface area contributed by atoms with Crippen LogP contribution in [0.5, 0.6) is 0 Å². The van der Waals surface area contributed by atoms with E-state index < -0.39 is 40.0 Å². The zero-order chi connectivity index (χ0) is 21.5. The first-order valence-electron chi connectivity index (χ1n) is 8.98. The van der Waals surface area contributed by atoms with Gasteiger partial charge in [0.15, 0.2) is 10.8 Å². The molecule has 2 aliphatic heterocycles. The van der Waals surface area contributed by atoms with E-state index in [2.05, 4.69) is 15.5 Å². The minimum absolute atomic E-state index is 0.0816. The number of hydrogen-bond acceptors (Lipinski definition) is 9. The van der Waals surface area contributed by atoms with Gasteiger partial charge in [0.05, 0.1) is 0 Å². The number of amides is 2. The minimum Gasteiger partial charge on any atom is -0.480 e. The molecule has 1 aromatic heterocycles. The SMILES string of the molecule is CC(C)CON=C(C(=O)N[C@H]1C(=O)N2[C@@H]1SC(C)(C)[C@@H]2C(=O)O)c1csc(N)n1. The summed E-state index contributed by atoms with van der Waals surface area (Å²) < 4.78 is -0.674. The number of thioether (sulfide) groups is 1. The predicted molar refractivity (Wildman–Crippen MR) is 110 cm³/mol. The van der Waals surface area contributed by atoms with Gasteiger partial charge in [-0.15, -0.1) is 23.1 Å². The highest BCUT2D eigenvalue weighted by atomic mass is 32.2. The third-order valence-electron chi connectivity index (χ3n) is 4.50. The molecule has 29 heavy (non-hydrogen) atoms. The molecule has 3 atom stereocenters. The number of nitrogens with zero attached hydrogens (tertiary/aromatic N) is 3. The van der Waals surface area contributed by atoms with Crippen molar-refractivity contribution in [1.29, 1.82) is 0 Å². The highest BCUT2D eigenvalue weighted by Crippen LogP contribution is 2.50. The van der Waals surface area contributed by atoms with Gasteiger partial charge in [0.1, 0.15) is 29.8 Å². The van der Waals surface area contributed by atoms with Crippen LogP contribution in [0.25, 0.3) is 0 Å². The van der Waals surface area contributed by atoms with Gasteiger partial charge in [-0.1, -0.05) is 19.0 Å². The van der Waals surface area contributed by atoms with E-state index in [9.17, 15) is 19.5 Å². The molecule has 2 fully saturated rings. The van der Waals surface area contributed by atoms with Crippen LogP contribution in [-0.2, 0) is 19.2 Å². The van der Waals surface area contributed by atoms with Crippen molar-refractivity contribution in [3.8, 4) is 0 Å². The molecule has 158 valence electrons. The molecule has 0 unspecified atom stereocenters. The Morgan fingerprint density at radius 3 is 2.72 bits per heavy atom. The number of thiazole rings is 1. The molecule has 1 aromatic rings. The van der Waals surface area contributed by atoms with Gasteiger partial charge in [0.2, 0.25) is 5.91 Å². The fraction of sp³-hybridized carbons (Fsp3) is 0.588. The van der Waals surface area contributed by atoms with Crippen molar-refractivity contribution >= 4 is 51.7 Å². The molecule has 0 aliphatic carbocycles. The number of nitrogens with two attached hydrogens (primary N) is 1. The number of nitrogens with one attached hydrogen (secondary N) is 1. The van der Waals surface area contributed by atoms with E-state index in [1.54, 1.807) is 19.2 Å². The van der Waals surface area contributed by atoms with Crippen LogP contribution < -0.4 is 11.1 Å². The van der Waals surface area contributed by atoms with Crippen molar-refractivity contribution in [2.75, 3.05) is 12.3 Å². The first-order chi connectivity index (χ1) is 13.5. The summed E-state index contributed by atoms with van der Waals surface area (Å²) in [6.07, 6.45) is 0. The number of aliphatic carboxylic acids is 1. The molecule has 12 heteroatoms. The lowest BCUT2D eigenvalue weighted by Gasteiger charge is -2.43. The summed E-state index contributed by atoms with van der Waals surface area (Å²) in [5, 5.41) is 17.4. The Kier molecular flexibility index (Phi) is 5.77. The number of rotatable bonds is 7. The van der Waals surface area contributed by atoms with E-state index in [0.29, 0.717) is 6.61 Å². The van der Waals surface area contributed by atoms with Crippen LogP contribution in [0, 0.1) is 5.92 Å². The molecule has 0 aromatic carbocycles. The molecule has 3 heterocycles. The summed E-state index contributed by atoms with van der Waals surface area (Å²) >= 11 is 2.50. The van der Waals surface area contributed by atoms with Crippen LogP contribution in [-0.4, -0.2) is 67.3 Å². The number of β-lactam (4-membered cyclic amide) rings is 1. The Morgan fingerprint density at radius 2 is 2.17 bits per heavy atom. The summed E-state index contributed by atoms with van der Waals surface area (Å²) in [7, 11) is 0. The molecule has 4 N–H and O–H groups in total. The van der Waals surface area contributed by atoms with Crippen molar-refractivity contribution in [2.24, 2.45) is 11.1 Å². The molecular weight excluding hydrogens is 418 g/mol. The normalized spacial score (nSPS) is 25.6. The van der Waals surface area contributed by atoms with Gasteiger partial charge < -0.3 is 25.9 Å². The van der Waals surface area contributed by atoms with Crippen molar-refractivity contribution in [3.63, 3.8) is 0 Å². The molecule has 3 rings (SSSR count). The number of oxime groups is 1. The predicted octanol–water partition coefficient (Wildman–Crippen LogP) is 0.734. The van der Waals surface area contributed by atoms with Crippen molar-refractivity contribution < 1.29 is 24.3 Å². The number of carboxylic acids is 1. The molecule has 2 aliphatic rings. The molecule has 2 saturated heterocycles. The van der Waals surface area contributed by atoms with Gasteiger partial charge in [0.25, 0.3) is 5.91 Å². The lowest BCUT2D eigenvalue weighted by Crippen LogP contribution is -2.71. The van der Waals surface area contributed by atoms with Crippen LogP contribution in [0.2, 0.25) is 0 Å². The Bertz CT molecular complexity index is 868. The monoisotopic (exact) mass is 441 g/mol. The van der Waals surface area contributed by atoms with Gasteiger partial charge in [-0.25, -0.2) is 9.78 Å². The molecular formula is C17H23N5O5S2. The summed E-state index contributed by atoms with van der Waals surface area (Å²) in [5.41, 5.74) is 5.83. The van der Waals surface area contributed by atoms with Gasteiger partial charge in [-0.2, -0.15) is 0 Å². The van der Waals surface area contributed by atoms with Gasteiger partial charge >= 0.3 is 5.97 Å². The highest BCUT2D eigenvalue weighted by Gasteiger charge is 2.64. The van der Waals surface area contributed by atoms with Crippen LogP contribution >= 0.6 is 23.1 Å². The second-order valence-corrected chi connectivity index (χ2v) is 10.4. The third kappa shape index (κ3) is 4.04. The summed E-state index contributed by atoms with van der Waals surface area (Å²) in [6.45, 7) is 7.72. The first kappa shape index (κ1) is 21.4. The Labute approximate surface area is 175 Å². The molecule has 0 radical (unpaired) electrons. The van der Waals surface area contributed by atoms with Crippen molar-refractivity contribution in [1.82, 2.24) is 15.2 Å². The van der Waals surface area contributed by atoms with Crippen LogP contribution in [0.4, 0.5) is 5.13 Å². The molecule has 10 nitrogen and oxygen atoms in total. The maximum atomic E-state index is 12.8. The van der Waals surface area contributed by atoms with Crippen LogP contribution in [0.15, 0.2) is 10.5 Å². The summed E-state index contributed by atoms with van der Waals surface area (Å²) in [4.78, 5) is 47.7. The van der Waals surface area contributed by atoms with E-state index >= 15 is 0 Å². The van der Waals surface area contributed by atoms with E-state index in [4.69, 9.17) is 10.6 Å². The van der Waals surface area contributed by atoms with Crippen molar-refractivity contribution in [2.45, 2.75) is 49.9 Å². The number of fused-ring (bicyclic) bond motifs is 1. The maximum absolute atomic E-state index is 12.8. The number of carbonyl (C=O) groups is 3. The van der Waals surface area contributed by atoms with Crippen LogP contribution in [0.3, 0.4) is 0 Å². The number of aromatic nitrogens is 1. The topological polar surface area (TPSA) is 147 Å². The zero-order valence-electron chi connectivity index (χ0n) is 16.4. The van der Waals surface area contributed by atoms with Gasteiger partial charge in [-0.3, -0.25) is 9.59 Å². The van der Waals surface area contributed by atoms with Crippen LogP contribution in [0.1, 0.15) is 33.4 Å². The van der Waals surface area contributed by atoms with E-state index in [1.165, 1.54) is 16.7 Å². The zero-order valence-corrected chi connectivity index (χ0v) is 18.0. The summed E-state index contributed by atoms with van der Waals surface area (Å²) in [5.74, 6) is -1.93. The number of carboxylic acid groups (broad SMARTS) is 1. The standard InChI is InChI=1S/C17H23N5O5S2/c1-7(2)5-27-21-9(8-6-28-16(18)19-8)12(23)20-10-13(24)22-11(15(25)26)17(3,4)29-14(10)22/h6-7,10-11,14H,5H2,1-4H3,(H2,18,19)(H,20,23)(H,25,26)/t10-,11-,14+/m0/s1. The van der Waals surface area contributed by atoms with E-state index in [1.807, 2.05) is 13.8 Å². The van der Waals surface area contributed by atoms with E-state index in [-0.39, 0.29) is 22.5 Å². The minimum atomic E-state index is -1.06. The fourth-order valence-corrected chi connectivity index (χ4v) is 5.38. The lowest BCUT2D eigenvalue weighted by atomic mass is 9.96. The van der Waals surface area contributed by atoms with E-state index in [0.717, 1.165) is 11.3 Å². The smallest absolute Gasteiger partial charge is 0.327 e. The number of anilines is 1. The molecule has 0 spiro atoms. The Hall–Kier alpha value is -2.34. The Balaban J connectivity index is 1.77. The third-order valence-corrected chi connectivity index (χ3v) is 6.75. The molecule has 0 saturated carbocycles. The largest absolute Gasteiger partial charge is 0.480 e. The van der Waals surface area contributed by atoms with Gasteiger partial charge in [0, 0.05) is 10.1 Å². The maximum Gasteiger partial charge on any atom is 0.327 e. The number of hydrogen-bond donors (Lipinski definition) is 3. The quantitative estimate of drug-likeness (QED) is 0.319. The van der Waals surface area contributed by atoms with Gasteiger partial charge in [-0.05, 0) is 19.8 Å². The number of carbonyl (C=O) groups excluding carboxylic acids is 2. The fourth-order valence-electron chi connectivity index (χ4n) is 3.21. The highest BCUT2D eigenvalue weighted by molar-refractivity contribution is 8.01. The second kappa shape index (κ2) is 7.82. The first-order valence-corrected chi connectivity index (χ1v) is 10.7. The average molecular weight is 442 g/mol.